The van der Waals surface area contributed by atoms with E-state index in [2.05, 4.69) is 48.9 Å². The van der Waals surface area contributed by atoms with Crippen LogP contribution in [-0.4, -0.2) is 66.2 Å². The van der Waals surface area contributed by atoms with E-state index in [1.54, 1.807) is 0 Å². The maximum Gasteiger partial charge on any atom is 0.243 e. The van der Waals surface area contributed by atoms with E-state index in [1.165, 1.54) is 6.92 Å². The maximum absolute atomic E-state index is 14.2. The first-order chi connectivity index (χ1) is 28.3. The lowest BCUT2D eigenvalue weighted by molar-refractivity contribution is -0.134. The second kappa shape index (κ2) is 21.5. The Balaban J connectivity index is 1.36. The molecule has 14 heteroatoms. The minimum absolute atomic E-state index is 0.0664. The number of carbonyl (C=O) groups excluding carboxylic acids is 5. The number of primary amides is 1. The number of guanidine groups is 1. The molecule has 5 aromatic carbocycles. The third-order valence-corrected chi connectivity index (χ3v) is 10.4. The van der Waals surface area contributed by atoms with Gasteiger partial charge in [0.05, 0.1) is 0 Å². The van der Waals surface area contributed by atoms with Gasteiger partial charge in [-0.15, -0.1) is 0 Å². The highest BCUT2D eigenvalue weighted by molar-refractivity contribution is 14.1. The van der Waals surface area contributed by atoms with Crippen LogP contribution < -0.4 is 38.5 Å². The Morgan fingerprint density at radius 3 is 1.68 bits per heavy atom. The molecule has 4 atom stereocenters. The van der Waals surface area contributed by atoms with Crippen LogP contribution in [0.4, 0.5) is 0 Å². The van der Waals surface area contributed by atoms with Crippen molar-refractivity contribution in [1.29, 1.82) is 0 Å². The minimum atomic E-state index is -1.18. The summed E-state index contributed by atoms with van der Waals surface area (Å²) in [6, 6.07) is 34.0. The van der Waals surface area contributed by atoms with Gasteiger partial charge in [-0.3, -0.25) is 29.0 Å². The van der Waals surface area contributed by atoms with Gasteiger partial charge in [-0.1, -0.05) is 109 Å². The van der Waals surface area contributed by atoms with Gasteiger partial charge in [-0.05, 0) is 86.2 Å². The lowest BCUT2D eigenvalue weighted by Gasteiger charge is -2.26. The smallest absolute Gasteiger partial charge is 0.243 e. The predicted octanol–water partition coefficient (Wildman–Crippen LogP) is 3.64. The van der Waals surface area contributed by atoms with E-state index >= 15 is 0 Å². The zero-order valence-corrected chi connectivity index (χ0v) is 34.9. The minimum Gasteiger partial charge on any atom is -0.370 e. The van der Waals surface area contributed by atoms with Gasteiger partial charge in [0.25, 0.3) is 0 Å². The van der Waals surface area contributed by atoms with Gasteiger partial charge in [0.15, 0.2) is 5.96 Å². The Morgan fingerprint density at radius 2 is 1.05 bits per heavy atom. The van der Waals surface area contributed by atoms with Crippen molar-refractivity contribution in [1.82, 2.24) is 21.3 Å². The van der Waals surface area contributed by atoms with Gasteiger partial charge in [-0.2, -0.15) is 0 Å². The molecule has 13 nitrogen and oxygen atoms in total. The van der Waals surface area contributed by atoms with E-state index in [9.17, 15) is 24.0 Å². The van der Waals surface area contributed by atoms with E-state index in [0.717, 1.165) is 42.2 Å². The second-order valence-electron chi connectivity index (χ2n) is 14.3. The van der Waals surface area contributed by atoms with Crippen molar-refractivity contribution in [3.8, 4) is 11.1 Å². The monoisotopic (exact) mass is 908 g/mol. The van der Waals surface area contributed by atoms with Crippen LogP contribution in [0.1, 0.15) is 36.5 Å². The lowest BCUT2D eigenvalue weighted by Crippen LogP contribution is -2.59. The maximum atomic E-state index is 14.2. The number of nitrogens with one attached hydrogen (secondary N) is 4. The summed E-state index contributed by atoms with van der Waals surface area (Å²) in [6.07, 6.45) is 0.729. The first kappa shape index (κ1) is 43.8. The topological polar surface area (TPSA) is 224 Å². The molecule has 10 N–H and O–H groups in total. The Kier molecular flexibility index (Phi) is 15.9. The van der Waals surface area contributed by atoms with Crippen LogP contribution in [0, 0.1) is 3.57 Å². The van der Waals surface area contributed by atoms with Gasteiger partial charge in [-0.25, -0.2) is 0 Å². The first-order valence-corrected chi connectivity index (χ1v) is 20.3. The summed E-state index contributed by atoms with van der Waals surface area (Å²) in [5, 5.41) is 13.1. The standard InChI is InChI=1S/C45H49IN8O5/c1-28(55)51-39(27-31-15-20-33-10-5-6-11-35(33)24-31)43(58)52-37(12-7-23-50-45(48)49)42(57)54-40(26-30-16-21-36(46)22-17-30)44(59)53-38(41(47)56)25-29-13-18-34(19-14-29)32-8-3-2-4-9-32/h2-6,8-11,13-22,24,37-40H,7,12,23,25-27H2,1H3,(H2,47,56)(H,51,55)(H,52,58)(H,53,59)(H,54,57)(H4,48,49,50)/t37-,38-,39+,40+/m0/s1. The average Bonchev–Trinajstić information content (AvgIpc) is 3.22. The molecule has 306 valence electrons. The number of benzene rings is 5. The van der Waals surface area contributed by atoms with Crippen LogP contribution in [0.3, 0.4) is 0 Å². The average molecular weight is 909 g/mol. The molecule has 0 aromatic heterocycles. The Labute approximate surface area is 357 Å². The van der Waals surface area contributed by atoms with Crippen molar-refractivity contribution in [3.05, 3.63) is 142 Å². The highest BCUT2D eigenvalue weighted by atomic mass is 127. The number of amides is 5. The quantitative estimate of drug-likeness (QED) is 0.0282. The number of hydrogen-bond donors (Lipinski definition) is 7. The van der Waals surface area contributed by atoms with Crippen LogP contribution in [0.5, 0.6) is 0 Å². The molecule has 0 aliphatic rings. The molecule has 0 saturated carbocycles. The summed E-state index contributed by atoms with van der Waals surface area (Å²) >= 11 is 2.17. The fraction of sp³-hybridized carbons (Fsp3) is 0.244. The zero-order valence-electron chi connectivity index (χ0n) is 32.7. The summed E-state index contributed by atoms with van der Waals surface area (Å²) in [7, 11) is 0. The number of nitrogens with two attached hydrogens (primary N) is 3. The molecule has 5 rings (SSSR count). The van der Waals surface area contributed by atoms with E-state index in [0.29, 0.717) is 6.42 Å². The molecule has 0 heterocycles. The Hall–Kier alpha value is -6.29. The van der Waals surface area contributed by atoms with Crippen LogP contribution in [0.15, 0.2) is 126 Å². The molecule has 59 heavy (non-hydrogen) atoms. The van der Waals surface area contributed by atoms with Crippen molar-refractivity contribution >= 4 is 68.9 Å². The highest BCUT2D eigenvalue weighted by Gasteiger charge is 2.31. The van der Waals surface area contributed by atoms with E-state index in [1.807, 2.05) is 121 Å². The first-order valence-electron chi connectivity index (χ1n) is 19.2. The molecule has 0 bridgehead atoms. The summed E-state index contributed by atoms with van der Waals surface area (Å²) in [5.74, 6) is -3.19. The van der Waals surface area contributed by atoms with Crippen LogP contribution in [-0.2, 0) is 43.2 Å². The number of aliphatic imine (C=N–C) groups is 1. The summed E-state index contributed by atoms with van der Waals surface area (Å²) < 4.78 is 0.976. The van der Waals surface area contributed by atoms with Crippen LogP contribution in [0.25, 0.3) is 21.9 Å². The molecule has 0 fully saturated rings. The Bertz CT molecular complexity index is 2260. The molecule has 5 amide bonds. The van der Waals surface area contributed by atoms with Crippen molar-refractivity contribution in [2.45, 2.75) is 63.2 Å². The molecule has 0 aliphatic heterocycles. The summed E-state index contributed by atoms with van der Waals surface area (Å²) in [6.45, 7) is 1.49. The molecule has 5 aromatic rings. The largest absolute Gasteiger partial charge is 0.370 e. The third-order valence-electron chi connectivity index (χ3n) is 9.67. The van der Waals surface area contributed by atoms with Crippen molar-refractivity contribution in [2.24, 2.45) is 22.2 Å². The van der Waals surface area contributed by atoms with E-state index in [4.69, 9.17) is 17.2 Å². The number of fused-ring (bicyclic) bond motifs is 1. The van der Waals surface area contributed by atoms with Crippen molar-refractivity contribution in [2.75, 3.05) is 6.54 Å². The highest BCUT2D eigenvalue weighted by Crippen LogP contribution is 2.20. The lowest BCUT2D eigenvalue weighted by atomic mass is 9.99. The second-order valence-corrected chi connectivity index (χ2v) is 15.5. The van der Waals surface area contributed by atoms with Gasteiger partial charge in [0.2, 0.25) is 29.5 Å². The number of carbonyl (C=O) groups is 5. The van der Waals surface area contributed by atoms with Crippen molar-refractivity contribution in [3.63, 3.8) is 0 Å². The summed E-state index contributed by atoms with van der Waals surface area (Å²) in [4.78, 5) is 71.3. The molecular formula is C45H49IN8O5. The van der Waals surface area contributed by atoms with Gasteiger partial charge < -0.3 is 38.5 Å². The fourth-order valence-corrected chi connectivity index (χ4v) is 6.99. The molecule has 0 saturated heterocycles. The number of rotatable bonds is 19. The van der Waals surface area contributed by atoms with Gasteiger partial charge >= 0.3 is 0 Å². The number of nitrogens with zero attached hydrogens (tertiary/aromatic N) is 1. The summed E-state index contributed by atoms with van der Waals surface area (Å²) in [5.41, 5.74) is 21.2. The molecular weight excluding hydrogens is 859 g/mol. The fourth-order valence-electron chi connectivity index (χ4n) is 6.63. The third kappa shape index (κ3) is 13.7. The molecule has 0 aliphatic carbocycles. The van der Waals surface area contributed by atoms with Crippen LogP contribution in [0.2, 0.25) is 0 Å². The zero-order chi connectivity index (χ0) is 42.3. The number of halogens is 1. The molecule has 0 unspecified atom stereocenters. The SMILES string of the molecule is CC(=O)N[C@H](Cc1ccc2ccccc2c1)C(=O)N[C@@H](CCCN=C(N)N)C(=O)N[C@H](Cc1ccc(I)cc1)C(=O)N[C@@H](Cc1ccc(-c2ccccc2)cc1)C(N)=O. The van der Waals surface area contributed by atoms with E-state index in [-0.39, 0.29) is 38.2 Å². The molecule has 0 radical (unpaired) electrons. The Morgan fingerprint density at radius 1 is 0.559 bits per heavy atom. The van der Waals surface area contributed by atoms with Gasteiger partial charge in [0, 0.05) is 36.3 Å². The number of hydrogen-bond acceptors (Lipinski definition) is 6. The predicted molar refractivity (Wildman–Crippen MR) is 239 cm³/mol. The van der Waals surface area contributed by atoms with Gasteiger partial charge in [0.1, 0.15) is 24.2 Å². The molecule has 0 spiro atoms. The van der Waals surface area contributed by atoms with Crippen molar-refractivity contribution < 1.29 is 24.0 Å². The van der Waals surface area contributed by atoms with Crippen LogP contribution >= 0.6 is 22.6 Å². The van der Waals surface area contributed by atoms with E-state index < -0.39 is 53.7 Å². The normalized spacial score (nSPS) is 12.9.